The lowest BCUT2D eigenvalue weighted by molar-refractivity contribution is 0.886. The maximum Gasteiger partial charge on any atom is 0.0214 e. The van der Waals surface area contributed by atoms with Gasteiger partial charge in [-0.05, 0) is 58.1 Å². The maximum atomic E-state index is 4.26. The van der Waals surface area contributed by atoms with Crippen molar-refractivity contribution >= 4 is 14.9 Å². The van der Waals surface area contributed by atoms with Crippen molar-refractivity contribution in [1.29, 1.82) is 0 Å². The number of benzene rings is 2. The monoisotopic (exact) mass is 306 g/mol. The second-order valence-electron chi connectivity index (χ2n) is 6.37. The molecule has 2 aromatic rings. The molecule has 0 amide bonds. The highest BCUT2D eigenvalue weighted by Gasteiger charge is 2.37. The molecule has 0 aliphatic heterocycles. The van der Waals surface area contributed by atoms with Gasteiger partial charge in [-0.15, -0.1) is 0 Å². The number of rotatable bonds is 3. The van der Waals surface area contributed by atoms with E-state index in [4.69, 9.17) is 0 Å². The number of aryl methyl sites for hydroxylation is 1. The summed E-state index contributed by atoms with van der Waals surface area (Å²) < 4.78 is 0. The summed E-state index contributed by atoms with van der Waals surface area (Å²) in [4.78, 5) is 1.56. The molecule has 0 saturated heterocycles. The first-order chi connectivity index (χ1) is 10.7. The third kappa shape index (κ3) is 1.92. The van der Waals surface area contributed by atoms with Gasteiger partial charge >= 0.3 is 0 Å². The number of hydrogen-bond donors (Lipinski definition) is 0. The molecule has 0 N–H and O–H groups in total. The molecule has 2 unspecified atom stereocenters. The summed E-state index contributed by atoms with van der Waals surface area (Å²) in [5.74, 6) is 0. The smallest absolute Gasteiger partial charge is 0.0214 e. The van der Waals surface area contributed by atoms with Gasteiger partial charge in [0.05, 0.1) is 0 Å². The van der Waals surface area contributed by atoms with Gasteiger partial charge < -0.3 is 0 Å². The molecule has 0 radical (unpaired) electrons. The average Bonchev–Trinajstić information content (AvgIpc) is 3.19. The van der Waals surface area contributed by atoms with Crippen LogP contribution in [0.15, 0.2) is 66.6 Å². The summed E-state index contributed by atoms with van der Waals surface area (Å²) in [6.07, 6.45) is 8.47. The zero-order chi connectivity index (χ0) is 15.2. The molecule has 2 aromatic carbocycles. The highest BCUT2D eigenvalue weighted by Crippen LogP contribution is 2.71. The van der Waals surface area contributed by atoms with Gasteiger partial charge in [0.1, 0.15) is 0 Å². The van der Waals surface area contributed by atoms with Crippen molar-refractivity contribution < 1.29 is 0 Å². The summed E-state index contributed by atoms with van der Waals surface area (Å²) in [5.41, 5.74) is 6.04. The van der Waals surface area contributed by atoms with E-state index in [0.29, 0.717) is 5.25 Å². The topological polar surface area (TPSA) is 0 Å². The van der Waals surface area contributed by atoms with Crippen LogP contribution in [0.1, 0.15) is 33.9 Å². The Hall–Kier alpha value is -1.73. The lowest BCUT2D eigenvalue weighted by Gasteiger charge is -2.41. The molecule has 4 rings (SSSR count). The van der Waals surface area contributed by atoms with Crippen molar-refractivity contribution in [1.82, 2.24) is 0 Å². The lowest BCUT2D eigenvalue weighted by Crippen LogP contribution is -2.06. The van der Waals surface area contributed by atoms with Crippen LogP contribution in [0, 0.1) is 0 Å². The molecular weight excluding hydrogens is 284 g/mol. The van der Waals surface area contributed by atoms with Crippen molar-refractivity contribution in [2.45, 2.75) is 24.5 Å². The van der Waals surface area contributed by atoms with Crippen molar-refractivity contribution in [2.75, 3.05) is 6.26 Å². The highest BCUT2D eigenvalue weighted by atomic mass is 32.3. The first-order valence-electron chi connectivity index (χ1n) is 8.00. The van der Waals surface area contributed by atoms with Crippen molar-refractivity contribution in [3.05, 3.63) is 88.8 Å². The fourth-order valence-electron chi connectivity index (χ4n) is 4.05. The Labute approximate surface area is 134 Å². The van der Waals surface area contributed by atoms with E-state index in [2.05, 4.69) is 72.8 Å². The van der Waals surface area contributed by atoms with E-state index >= 15 is 0 Å². The minimum Gasteiger partial charge on any atom is -0.190 e. The summed E-state index contributed by atoms with van der Waals surface area (Å²) in [6.45, 7) is 4.26. The van der Waals surface area contributed by atoms with Gasteiger partial charge in [-0.1, -0.05) is 61.2 Å². The van der Waals surface area contributed by atoms with E-state index in [1.165, 1.54) is 24.0 Å². The molecular formula is C21H22S. The second-order valence-corrected chi connectivity index (χ2v) is 9.81. The molecule has 2 atom stereocenters. The normalized spacial score (nSPS) is 23.1. The second kappa shape index (κ2) is 5.17. The number of hydrogen-bond acceptors (Lipinski definition) is 0. The Balaban J connectivity index is 1.81. The fourth-order valence-corrected chi connectivity index (χ4v) is 7.25. The Morgan fingerprint density at radius 3 is 2.59 bits per heavy atom. The van der Waals surface area contributed by atoms with Gasteiger partial charge in [0, 0.05) is 5.25 Å². The fraction of sp³-hybridized carbons (Fsp3) is 0.238. The van der Waals surface area contributed by atoms with Crippen molar-refractivity contribution in [2.24, 2.45) is 0 Å². The van der Waals surface area contributed by atoms with Gasteiger partial charge in [0.15, 0.2) is 0 Å². The van der Waals surface area contributed by atoms with E-state index in [1.807, 2.05) is 0 Å². The van der Waals surface area contributed by atoms with Crippen molar-refractivity contribution in [3.63, 3.8) is 0 Å². The van der Waals surface area contributed by atoms with Gasteiger partial charge in [-0.2, -0.15) is 10.0 Å². The molecule has 2 aliphatic rings. The summed E-state index contributed by atoms with van der Waals surface area (Å²) >= 11 is 0. The molecule has 1 heteroatoms. The highest BCUT2D eigenvalue weighted by molar-refractivity contribution is 8.42. The molecule has 0 spiro atoms. The zero-order valence-electron chi connectivity index (χ0n) is 13.1. The Kier molecular flexibility index (Phi) is 3.27. The molecule has 0 bridgehead atoms. The molecule has 0 heterocycles. The van der Waals surface area contributed by atoms with E-state index in [-0.39, 0.29) is 0 Å². The van der Waals surface area contributed by atoms with Crippen LogP contribution in [0.25, 0.3) is 4.91 Å². The van der Waals surface area contributed by atoms with Crippen LogP contribution < -0.4 is 0 Å². The minimum atomic E-state index is -1.04. The molecule has 0 fully saturated rings. The third-order valence-electron chi connectivity index (χ3n) is 5.28. The predicted molar refractivity (Wildman–Crippen MR) is 99.3 cm³/mol. The minimum absolute atomic E-state index is 0.624. The molecule has 0 aromatic heterocycles. The van der Waals surface area contributed by atoms with E-state index in [9.17, 15) is 0 Å². The van der Waals surface area contributed by atoms with Crippen LogP contribution in [0.2, 0.25) is 0 Å². The SMILES string of the molecule is C=CS(C)(C1=CCc2ccccc21)C1CCc2ccccc21. The number of fused-ring (bicyclic) bond motifs is 2. The summed E-state index contributed by atoms with van der Waals surface area (Å²) in [7, 11) is -1.04. The van der Waals surface area contributed by atoms with Gasteiger partial charge in [0.2, 0.25) is 0 Å². The molecule has 22 heavy (non-hydrogen) atoms. The molecule has 0 nitrogen and oxygen atoms in total. The van der Waals surface area contributed by atoms with Gasteiger partial charge in [-0.3, -0.25) is 0 Å². The third-order valence-corrected chi connectivity index (χ3v) is 8.98. The Morgan fingerprint density at radius 2 is 1.77 bits per heavy atom. The largest absolute Gasteiger partial charge is 0.190 e. The molecule has 112 valence electrons. The predicted octanol–water partition coefficient (Wildman–Crippen LogP) is 5.85. The lowest BCUT2D eigenvalue weighted by atomic mass is 10.1. The Morgan fingerprint density at radius 1 is 1.05 bits per heavy atom. The summed E-state index contributed by atoms with van der Waals surface area (Å²) in [5, 5.41) is 2.90. The zero-order valence-corrected chi connectivity index (χ0v) is 13.9. The van der Waals surface area contributed by atoms with E-state index in [1.54, 1.807) is 16.0 Å². The van der Waals surface area contributed by atoms with Crippen LogP contribution >= 0.6 is 10.0 Å². The maximum absolute atomic E-state index is 4.26. The van der Waals surface area contributed by atoms with Crippen molar-refractivity contribution in [3.8, 4) is 0 Å². The molecule has 0 saturated carbocycles. The van der Waals surface area contributed by atoms with Crippen LogP contribution in [0.5, 0.6) is 0 Å². The van der Waals surface area contributed by atoms with E-state index in [0.717, 1.165) is 6.42 Å². The van der Waals surface area contributed by atoms with Crippen LogP contribution in [0.4, 0.5) is 0 Å². The average molecular weight is 306 g/mol. The van der Waals surface area contributed by atoms with Gasteiger partial charge in [-0.25, -0.2) is 0 Å². The van der Waals surface area contributed by atoms with E-state index < -0.39 is 10.0 Å². The first kappa shape index (κ1) is 13.9. The standard InChI is InChI=1S/C21H22S/c1-3-22(2,20-14-12-16-8-4-6-10-18(16)20)21-15-13-17-9-5-7-11-19(17)21/h3-11,14,21H,1,12-13,15H2,2H3. The Bertz CT molecular complexity index is 771. The van der Waals surface area contributed by atoms with Gasteiger partial charge in [0.25, 0.3) is 0 Å². The molecule has 2 aliphatic carbocycles. The first-order valence-corrected chi connectivity index (χ1v) is 10.2. The van der Waals surface area contributed by atoms with Crippen LogP contribution in [0.3, 0.4) is 0 Å². The van der Waals surface area contributed by atoms with Crippen LogP contribution in [-0.2, 0) is 12.8 Å². The number of allylic oxidation sites excluding steroid dienone is 1. The summed E-state index contributed by atoms with van der Waals surface area (Å²) in [6, 6.07) is 17.9. The quantitative estimate of drug-likeness (QED) is 0.667. The van der Waals surface area contributed by atoms with Crippen LogP contribution in [-0.4, -0.2) is 6.26 Å².